The van der Waals surface area contributed by atoms with Crippen LogP contribution in [0.15, 0.2) is 38.9 Å². The number of nitrogens with one attached hydrogen (secondary N) is 4. The molecule has 1 saturated heterocycles. The third-order valence-electron chi connectivity index (χ3n) is 5.90. The van der Waals surface area contributed by atoms with Gasteiger partial charge in [0.15, 0.2) is 16.3 Å². The number of nitrogens with zero attached hydrogens (tertiary/aromatic N) is 4. The fraction of sp³-hybridized carbons (Fsp3) is 0.364. The molecular formula is C22H27N9O9S2. The number of rotatable bonds is 13. The van der Waals surface area contributed by atoms with E-state index in [2.05, 4.69) is 30.9 Å². The molecule has 3 rings (SSSR count). The second-order valence-corrected chi connectivity index (χ2v) is 11.4. The maximum atomic E-state index is 13.2. The number of nitrogen functional groups attached to an aromatic ring is 1. The van der Waals surface area contributed by atoms with Crippen LogP contribution in [0, 0.1) is 5.53 Å². The van der Waals surface area contributed by atoms with Crippen LogP contribution in [0.4, 0.5) is 5.13 Å². The van der Waals surface area contributed by atoms with Crippen molar-refractivity contribution in [3.05, 3.63) is 51.0 Å². The zero-order valence-electron chi connectivity index (χ0n) is 22.3. The Hall–Kier alpha value is -4.69. The number of aromatic nitrogens is 2. The molecule has 1 fully saturated rings. The molecule has 0 bridgehead atoms. The number of oxime groups is 1. The lowest BCUT2D eigenvalue weighted by Crippen LogP contribution is -2.74. The summed E-state index contributed by atoms with van der Waals surface area (Å²) in [6.07, 6.45) is 3.11. The lowest BCUT2D eigenvalue weighted by molar-refractivity contribution is -0.161. The van der Waals surface area contributed by atoms with Crippen molar-refractivity contribution in [2.75, 3.05) is 12.3 Å². The van der Waals surface area contributed by atoms with E-state index in [-0.39, 0.29) is 38.5 Å². The van der Waals surface area contributed by atoms with Crippen molar-refractivity contribution in [3.8, 4) is 0 Å². The first kappa shape index (κ1) is 31.8. The Bertz CT molecular complexity index is 1630. The Morgan fingerprint density at radius 1 is 1.38 bits per heavy atom. The van der Waals surface area contributed by atoms with Gasteiger partial charge in [0.25, 0.3) is 11.8 Å². The monoisotopic (exact) mass is 625 g/mol. The van der Waals surface area contributed by atoms with E-state index in [0.29, 0.717) is 12.0 Å². The van der Waals surface area contributed by atoms with Gasteiger partial charge in [-0.15, -0.1) is 11.3 Å². The van der Waals surface area contributed by atoms with Gasteiger partial charge in [-0.2, -0.15) is 13.5 Å². The van der Waals surface area contributed by atoms with Crippen molar-refractivity contribution in [1.29, 1.82) is 5.53 Å². The summed E-state index contributed by atoms with van der Waals surface area (Å²) in [5, 5.41) is 22.5. The van der Waals surface area contributed by atoms with Crippen molar-refractivity contribution >= 4 is 56.0 Å². The molecule has 18 nitrogen and oxygen atoms in total. The number of H-pyrrole nitrogens is 1. The van der Waals surface area contributed by atoms with Crippen LogP contribution in [0.2, 0.25) is 0 Å². The molecule has 0 spiro atoms. The molecule has 0 aliphatic carbocycles. The predicted octanol–water partition coefficient (Wildman–Crippen LogP) is -0.323. The van der Waals surface area contributed by atoms with E-state index in [9.17, 15) is 37.3 Å². The minimum absolute atomic E-state index is 0.0374. The molecule has 0 aromatic carbocycles. The summed E-state index contributed by atoms with van der Waals surface area (Å²) in [5.74, 6) is -3.67. The molecule has 20 heteroatoms. The van der Waals surface area contributed by atoms with Crippen LogP contribution in [-0.2, 0) is 35.9 Å². The second-order valence-electron chi connectivity index (χ2n) is 9.19. The zero-order valence-corrected chi connectivity index (χ0v) is 23.9. The van der Waals surface area contributed by atoms with E-state index in [1.165, 1.54) is 37.7 Å². The maximum absolute atomic E-state index is 13.2. The van der Waals surface area contributed by atoms with Gasteiger partial charge < -0.3 is 31.3 Å². The van der Waals surface area contributed by atoms with Crippen molar-refractivity contribution in [2.45, 2.75) is 44.9 Å². The predicted molar refractivity (Wildman–Crippen MR) is 148 cm³/mol. The van der Waals surface area contributed by atoms with Crippen LogP contribution >= 0.6 is 11.3 Å². The van der Waals surface area contributed by atoms with Crippen molar-refractivity contribution in [2.24, 2.45) is 10.3 Å². The van der Waals surface area contributed by atoms with Crippen LogP contribution < -0.4 is 21.8 Å². The third kappa shape index (κ3) is 6.95. The first-order valence-corrected chi connectivity index (χ1v) is 14.2. The van der Waals surface area contributed by atoms with E-state index >= 15 is 0 Å². The molecule has 8 N–H and O–H groups in total. The Balaban J connectivity index is 1.85. The fourth-order valence-corrected chi connectivity index (χ4v) is 4.97. The number of anilines is 1. The van der Waals surface area contributed by atoms with Crippen LogP contribution in [0.1, 0.15) is 37.7 Å². The van der Waals surface area contributed by atoms with Gasteiger partial charge in [-0.05, 0) is 20.3 Å². The van der Waals surface area contributed by atoms with E-state index in [1.54, 1.807) is 6.92 Å². The highest BCUT2D eigenvalue weighted by Gasteiger charge is 2.54. The van der Waals surface area contributed by atoms with E-state index in [4.69, 9.17) is 16.1 Å². The topological polar surface area (TPSA) is 283 Å². The summed E-state index contributed by atoms with van der Waals surface area (Å²) in [7, 11) is -5.05. The number of aromatic amines is 1. The van der Waals surface area contributed by atoms with Crippen LogP contribution in [0.3, 0.4) is 0 Å². The van der Waals surface area contributed by atoms with Gasteiger partial charge in [0.2, 0.25) is 5.60 Å². The van der Waals surface area contributed by atoms with E-state index in [1.807, 2.05) is 0 Å². The van der Waals surface area contributed by atoms with Crippen molar-refractivity contribution in [1.82, 2.24) is 24.9 Å². The Labute approximate surface area is 242 Å². The highest BCUT2D eigenvalue weighted by atomic mass is 32.2. The lowest BCUT2D eigenvalue weighted by Gasteiger charge is -2.44. The molecule has 1 aliphatic rings. The van der Waals surface area contributed by atoms with Crippen molar-refractivity contribution < 1.29 is 37.3 Å². The lowest BCUT2D eigenvalue weighted by atomic mass is 9.98. The molecule has 2 amide bonds. The number of hydrogen-bond donors (Lipinski definition) is 7. The Morgan fingerprint density at radius 3 is 2.60 bits per heavy atom. The molecule has 0 unspecified atom stereocenters. The highest BCUT2D eigenvalue weighted by molar-refractivity contribution is 7.84. The van der Waals surface area contributed by atoms with Crippen molar-refractivity contribution in [3.63, 3.8) is 0 Å². The first-order valence-electron chi connectivity index (χ1n) is 12.0. The highest BCUT2D eigenvalue weighted by Crippen LogP contribution is 2.24. The zero-order chi connectivity index (χ0) is 31.4. The minimum atomic E-state index is -5.05. The molecular weight excluding hydrogens is 598 g/mol. The van der Waals surface area contributed by atoms with Crippen LogP contribution in [0.5, 0.6) is 0 Å². The standard InChI is InChI=1S/C22H27N9O9S2/c1-4-10-6-26-11(5-15(10)32)12(29-24)7-25-8-14-17(19(34)31(14)42(37,38)39)28-18(33)16(13-9-41-21(23)27-13)30-40-22(2,3)20(35)36/h5-7,9,14,17,24-25H,4,8H2,1-3H3,(H2,23,27)(H,26,32)(H,28,33)(H,35,36)(H,37,38,39)/b12-7-,29-24?,30-16-/t14-,17+/m1/s1. The summed E-state index contributed by atoms with van der Waals surface area (Å²) in [6.45, 7) is 3.75. The summed E-state index contributed by atoms with van der Waals surface area (Å²) in [6, 6.07) is -1.67. The maximum Gasteiger partial charge on any atom is 0.362 e. The normalized spacial score (nSPS) is 17.8. The smallest absolute Gasteiger partial charge is 0.362 e. The molecule has 0 radical (unpaired) electrons. The number of β-lactam (4-membered cyclic amide) rings is 1. The number of aryl methyl sites for hydroxylation is 1. The van der Waals surface area contributed by atoms with Gasteiger partial charge in [0.1, 0.15) is 17.4 Å². The summed E-state index contributed by atoms with van der Waals surface area (Å²) < 4.78 is 33.4. The molecule has 0 saturated carbocycles. The molecule has 42 heavy (non-hydrogen) atoms. The Morgan fingerprint density at radius 2 is 2.07 bits per heavy atom. The second kappa shape index (κ2) is 12.4. The van der Waals surface area contributed by atoms with Gasteiger partial charge in [-0.3, -0.25) is 18.9 Å². The number of carboxylic acid groups (broad SMARTS) is 1. The third-order valence-corrected chi connectivity index (χ3v) is 7.52. The fourth-order valence-electron chi connectivity index (χ4n) is 3.54. The number of thiazole rings is 1. The van der Waals surface area contributed by atoms with Crippen LogP contribution in [0.25, 0.3) is 5.70 Å². The van der Waals surface area contributed by atoms with Gasteiger partial charge in [0.05, 0.1) is 11.7 Å². The largest absolute Gasteiger partial charge is 0.478 e. The summed E-state index contributed by atoms with van der Waals surface area (Å²) in [4.78, 5) is 61.1. The first-order chi connectivity index (χ1) is 19.6. The average molecular weight is 626 g/mol. The van der Waals surface area contributed by atoms with Crippen LogP contribution in [-0.4, -0.2) is 80.1 Å². The number of carbonyl (C=O) groups is 3. The minimum Gasteiger partial charge on any atom is -0.478 e. The summed E-state index contributed by atoms with van der Waals surface area (Å²) >= 11 is 0.934. The number of nitrogens with two attached hydrogens (primary N) is 1. The Kier molecular flexibility index (Phi) is 9.43. The van der Waals surface area contributed by atoms with Gasteiger partial charge in [-0.25, -0.2) is 19.6 Å². The average Bonchev–Trinajstić information content (AvgIpc) is 3.33. The molecule has 2 atom stereocenters. The van der Waals surface area contributed by atoms with E-state index < -0.39 is 51.5 Å². The molecule has 226 valence electrons. The number of carboxylic acids is 1. The number of pyridine rings is 1. The number of aliphatic carboxylic acids is 1. The SMILES string of the molecule is CCc1c[nH]c(/C(=C/NC[C@@H]2[C@H](NC(=O)/C(=N\OC(C)(C)C(=O)O)c3csc(N)n3)C(=O)N2S(=O)(=O)O)N=N)cc1=O. The summed E-state index contributed by atoms with van der Waals surface area (Å²) in [5.41, 5.74) is 10.9. The van der Waals surface area contributed by atoms with Gasteiger partial charge >= 0.3 is 16.3 Å². The molecule has 2 aromatic rings. The molecule has 3 heterocycles. The van der Waals surface area contributed by atoms with Gasteiger partial charge in [0, 0.05) is 36.0 Å². The number of carbonyl (C=O) groups excluding carboxylic acids is 2. The number of amides is 2. The number of hydrogen-bond acceptors (Lipinski definition) is 14. The van der Waals surface area contributed by atoms with Gasteiger partial charge in [-0.1, -0.05) is 12.1 Å². The van der Waals surface area contributed by atoms with E-state index in [0.717, 1.165) is 11.3 Å². The molecule has 2 aromatic heterocycles. The quantitative estimate of drug-likeness (QED) is 0.0495. The molecule has 1 aliphatic heterocycles.